The maximum absolute atomic E-state index is 10.9. The standard InChI is InChI=1S/C14H25N3O3Si/c1-5-11(12(15)14(18)19)13-16-8-10(17-13)9-20-6-7-21(2,3)4/h8,11,15H,5-7,9H2,1-4H3,(H,16,17)(H,18,19). The van der Waals surface area contributed by atoms with Gasteiger partial charge >= 0.3 is 5.97 Å². The van der Waals surface area contributed by atoms with Crippen LogP contribution in [0.4, 0.5) is 0 Å². The van der Waals surface area contributed by atoms with E-state index in [0.717, 1.165) is 18.3 Å². The predicted molar refractivity (Wildman–Crippen MR) is 84.8 cm³/mol. The van der Waals surface area contributed by atoms with Crippen molar-refractivity contribution in [3.63, 3.8) is 0 Å². The van der Waals surface area contributed by atoms with E-state index in [4.69, 9.17) is 15.3 Å². The lowest BCUT2D eigenvalue weighted by Crippen LogP contribution is -2.22. The van der Waals surface area contributed by atoms with E-state index in [-0.39, 0.29) is 5.71 Å². The Morgan fingerprint density at radius 2 is 2.19 bits per heavy atom. The highest BCUT2D eigenvalue weighted by atomic mass is 28.3. The number of hydrogen-bond acceptors (Lipinski definition) is 4. The van der Waals surface area contributed by atoms with Gasteiger partial charge in [-0.15, -0.1) is 0 Å². The number of rotatable bonds is 9. The van der Waals surface area contributed by atoms with E-state index in [9.17, 15) is 4.79 Å². The molecule has 6 nitrogen and oxygen atoms in total. The number of H-pyrrole nitrogens is 1. The first-order chi connectivity index (χ1) is 9.74. The molecular formula is C14H25N3O3Si. The third kappa shape index (κ3) is 5.80. The summed E-state index contributed by atoms with van der Waals surface area (Å²) in [5.74, 6) is -1.18. The van der Waals surface area contributed by atoms with Gasteiger partial charge in [-0.3, -0.25) is 5.41 Å². The van der Waals surface area contributed by atoms with Gasteiger partial charge in [0, 0.05) is 20.9 Å². The Morgan fingerprint density at radius 3 is 2.71 bits per heavy atom. The van der Waals surface area contributed by atoms with Crippen molar-refractivity contribution in [2.45, 2.75) is 51.6 Å². The van der Waals surface area contributed by atoms with Crippen LogP contribution in [0.25, 0.3) is 0 Å². The number of ether oxygens (including phenoxy) is 1. The van der Waals surface area contributed by atoms with Crippen LogP contribution in [0, 0.1) is 5.41 Å². The van der Waals surface area contributed by atoms with Gasteiger partial charge in [0.1, 0.15) is 11.5 Å². The van der Waals surface area contributed by atoms with Gasteiger partial charge in [0.2, 0.25) is 0 Å². The average molecular weight is 311 g/mol. The topological polar surface area (TPSA) is 99.1 Å². The van der Waals surface area contributed by atoms with Crippen LogP contribution in [0.5, 0.6) is 0 Å². The van der Waals surface area contributed by atoms with Crippen LogP contribution in [0.2, 0.25) is 25.7 Å². The summed E-state index contributed by atoms with van der Waals surface area (Å²) >= 11 is 0. The largest absolute Gasteiger partial charge is 0.477 e. The molecule has 1 atom stereocenters. The number of nitrogens with zero attached hydrogens (tertiary/aromatic N) is 1. The first-order valence-corrected chi connectivity index (χ1v) is 10.9. The van der Waals surface area contributed by atoms with Gasteiger partial charge in [0.05, 0.1) is 18.2 Å². The Bertz CT molecular complexity index is 494. The molecule has 3 N–H and O–H groups in total. The van der Waals surface area contributed by atoms with Crippen LogP contribution < -0.4 is 0 Å². The van der Waals surface area contributed by atoms with Gasteiger partial charge in [-0.1, -0.05) is 26.6 Å². The second-order valence-corrected chi connectivity index (χ2v) is 11.9. The highest BCUT2D eigenvalue weighted by molar-refractivity contribution is 6.76. The van der Waals surface area contributed by atoms with Gasteiger partial charge in [0.15, 0.2) is 0 Å². The van der Waals surface area contributed by atoms with Crippen LogP contribution in [0.1, 0.15) is 30.8 Å². The number of carboxylic acids is 1. The Balaban J connectivity index is 2.56. The molecule has 1 unspecified atom stereocenters. The fourth-order valence-electron chi connectivity index (χ4n) is 1.87. The Hall–Kier alpha value is -1.47. The van der Waals surface area contributed by atoms with Crippen LogP contribution in [-0.4, -0.2) is 41.4 Å². The van der Waals surface area contributed by atoms with Crippen molar-refractivity contribution in [3.8, 4) is 0 Å². The molecule has 0 spiro atoms. The molecule has 0 amide bonds. The molecule has 0 aliphatic rings. The summed E-state index contributed by atoms with van der Waals surface area (Å²) < 4.78 is 5.61. The number of imidazole rings is 1. The zero-order valence-electron chi connectivity index (χ0n) is 13.2. The molecule has 21 heavy (non-hydrogen) atoms. The van der Waals surface area contributed by atoms with Gasteiger partial charge in [0.25, 0.3) is 0 Å². The minimum Gasteiger partial charge on any atom is -0.477 e. The normalized spacial score (nSPS) is 13.1. The molecule has 0 bridgehead atoms. The van der Waals surface area contributed by atoms with Gasteiger partial charge in [-0.25, -0.2) is 9.78 Å². The molecule has 118 valence electrons. The fourth-order valence-corrected chi connectivity index (χ4v) is 2.62. The van der Waals surface area contributed by atoms with E-state index < -0.39 is 20.0 Å². The molecule has 0 aliphatic carbocycles. The van der Waals surface area contributed by atoms with Crippen LogP contribution in [0.3, 0.4) is 0 Å². The number of aromatic amines is 1. The first-order valence-electron chi connectivity index (χ1n) is 7.18. The van der Waals surface area contributed by atoms with Crippen molar-refractivity contribution in [1.29, 1.82) is 5.41 Å². The van der Waals surface area contributed by atoms with E-state index in [1.165, 1.54) is 0 Å². The maximum Gasteiger partial charge on any atom is 0.350 e. The summed E-state index contributed by atoms with van der Waals surface area (Å²) in [5, 5.41) is 16.5. The van der Waals surface area contributed by atoms with Crippen molar-refractivity contribution in [3.05, 3.63) is 17.7 Å². The molecule has 0 radical (unpaired) electrons. The second-order valence-electron chi connectivity index (χ2n) is 6.32. The van der Waals surface area contributed by atoms with Gasteiger partial charge in [-0.05, 0) is 12.5 Å². The number of carbonyl (C=O) groups is 1. The highest BCUT2D eigenvalue weighted by Gasteiger charge is 2.23. The summed E-state index contributed by atoms with van der Waals surface area (Å²) in [5.41, 5.74) is 0.412. The minimum absolute atomic E-state index is 0.335. The van der Waals surface area contributed by atoms with Gasteiger partial charge < -0.3 is 14.8 Å². The summed E-state index contributed by atoms with van der Waals surface area (Å²) in [4.78, 5) is 18.2. The minimum atomic E-state index is -1.20. The zero-order valence-corrected chi connectivity index (χ0v) is 14.2. The van der Waals surface area contributed by atoms with Crippen LogP contribution in [0.15, 0.2) is 6.20 Å². The molecule has 1 aromatic heterocycles. The lowest BCUT2D eigenvalue weighted by molar-refractivity contribution is -0.129. The molecule has 1 heterocycles. The molecule has 0 saturated carbocycles. The third-order valence-corrected chi connectivity index (χ3v) is 4.92. The van der Waals surface area contributed by atoms with E-state index in [1.54, 1.807) is 6.20 Å². The van der Waals surface area contributed by atoms with Crippen LogP contribution >= 0.6 is 0 Å². The first kappa shape index (κ1) is 17.6. The molecule has 0 saturated heterocycles. The SMILES string of the molecule is CCC(C(=N)C(=O)O)c1nc(COCC[Si](C)(C)C)c[nH]1. The summed E-state index contributed by atoms with van der Waals surface area (Å²) in [6.07, 6.45) is 2.25. The van der Waals surface area contributed by atoms with Crippen molar-refractivity contribution in [2.75, 3.05) is 6.61 Å². The Morgan fingerprint density at radius 1 is 1.52 bits per heavy atom. The average Bonchev–Trinajstić information content (AvgIpc) is 2.83. The second kappa shape index (κ2) is 7.51. The van der Waals surface area contributed by atoms with Crippen molar-refractivity contribution in [1.82, 2.24) is 9.97 Å². The number of hydrogen-bond donors (Lipinski definition) is 3. The number of aliphatic carboxylic acids is 1. The molecule has 0 fully saturated rings. The quantitative estimate of drug-likeness (QED) is 0.371. The van der Waals surface area contributed by atoms with E-state index in [0.29, 0.717) is 18.9 Å². The molecule has 1 rings (SSSR count). The summed E-state index contributed by atoms with van der Waals surface area (Å²) in [6, 6.07) is 1.10. The number of carboxylic acid groups (broad SMARTS) is 1. The summed E-state index contributed by atoms with van der Waals surface area (Å²) in [6.45, 7) is 9.87. The highest BCUT2D eigenvalue weighted by Crippen LogP contribution is 2.18. The molecule has 0 aliphatic heterocycles. The maximum atomic E-state index is 10.9. The molecule has 1 aromatic rings. The monoisotopic (exact) mass is 311 g/mol. The Labute approximate surface area is 126 Å². The Kier molecular flexibility index (Phi) is 6.29. The predicted octanol–water partition coefficient (Wildman–Crippen LogP) is 2.86. The molecular weight excluding hydrogens is 286 g/mol. The van der Waals surface area contributed by atoms with E-state index >= 15 is 0 Å². The molecule has 7 heteroatoms. The van der Waals surface area contributed by atoms with E-state index in [1.807, 2.05) is 6.92 Å². The van der Waals surface area contributed by atoms with Crippen LogP contribution in [-0.2, 0) is 16.1 Å². The van der Waals surface area contributed by atoms with Crippen molar-refractivity contribution < 1.29 is 14.6 Å². The number of aromatic nitrogens is 2. The summed E-state index contributed by atoms with van der Waals surface area (Å²) in [7, 11) is -1.09. The van der Waals surface area contributed by atoms with E-state index in [2.05, 4.69) is 29.6 Å². The molecule has 0 aromatic carbocycles. The fraction of sp³-hybridized carbons (Fsp3) is 0.643. The zero-order chi connectivity index (χ0) is 16.0. The number of nitrogens with one attached hydrogen (secondary N) is 2. The lowest BCUT2D eigenvalue weighted by atomic mass is 10.00. The smallest absolute Gasteiger partial charge is 0.350 e. The third-order valence-electron chi connectivity index (χ3n) is 3.21. The lowest BCUT2D eigenvalue weighted by Gasteiger charge is -2.14. The van der Waals surface area contributed by atoms with Crippen molar-refractivity contribution >= 4 is 19.8 Å². The van der Waals surface area contributed by atoms with Gasteiger partial charge in [-0.2, -0.15) is 0 Å². The van der Waals surface area contributed by atoms with Crippen molar-refractivity contribution in [2.24, 2.45) is 0 Å².